The molecule has 1 aromatic rings. The second-order valence-corrected chi connectivity index (χ2v) is 3.21. The summed E-state index contributed by atoms with van der Waals surface area (Å²) < 4.78 is 0. The fourth-order valence-corrected chi connectivity index (χ4v) is 1.56. The van der Waals surface area contributed by atoms with E-state index in [2.05, 4.69) is 22.6 Å². The quantitative estimate of drug-likeness (QED) is 0.595. The monoisotopic (exact) mass is 195 g/mol. The van der Waals surface area contributed by atoms with Crippen LogP contribution in [0.4, 0.5) is 0 Å². The fourth-order valence-electron chi connectivity index (χ4n) is 1.23. The van der Waals surface area contributed by atoms with Gasteiger partial charge in [0.25, 0.3) is 0 Å². The molecule has 1 atom stereocenters. The van der Waals surface area contributed by atoms with Crippen LogP contribution in [-0.2, 0) is 0 Å². The topological polar surface area (TPSA) is 52.1 Å². The normalized spacial score (nSPS) is 21.8. The third kappa shape index (κ3) is 1.48. The number of aromatic nitrogens is 2. The molecular weight excluding hydrogens is 186 g/mol. The van der Waals surface area contributed by atoms with E-state index >= 15 is 0 Å². The van der Waals surface area contributed by atoms with Gasteiger partial charge in [-0.1, -0.05) is 0 Å². The molecule has 0 radical (unpaired) electrons. The zero-order chi connectivity index (χ0) is 9.26. The lowest BCUT2D eigenvalue weighted by Crippen LogP contribution is -2.23. The van der Waals surface area contributed by atoms with E-state index in [1.165, 1.54) is 0 Å². The molecule has 1 aromatic heterocycles. The Labute approximate surface area is 81.0 Å². The molecule has 0 bridgehead atoms. The van der Waals surface area contributed by atoms with Crippen molar-refractivity contribution in [3.8, 4) is 0 Å². The third-order valence-corrected chi connectivity index (χ3v) is 2.22. The zero-order valence-electron chi connectivity index (χ0n) is 6.75. The van der Waals surface area contributed by atoms with Crippen LogP contribution in [-0.4, -0.2) is 20.2 Å². The van der Waals surface area contributed by atoms with E-state index in [1.807, 2.05) is 6.08 Å². The number of nitrogens with zero attached hydrogens (tertiary/aromatic N) is 2. The molecular formula is C8H9N3OS. The van der Waals surface area contributed by atoms with Gasteiger partial charge in [0, 0.05) is 23.5 Å². The lowest BCUT2D eigenvalue weighted by Gasteiger charge is -2.25. The van der Waals surface area contributed by atoms with Gasteiger partial charge in [0.15, 0.2) is 0 Å². The van der Waals surface area contributed by atoms with E-state index in [0.717, 1.165) is 9.97 Å². The molecule has 13 heavy (non-hydrogen) atoms. The van der Waals surface area contributed by atoms with Crippen LogP contribution in [0.2, 0.25) is 0 Å². The van der Waals surface area contributed by atoms with Gasteiger partial charge < -0.3 is 4.98 Å². The second kappa shape index (κ2) is 3.27. The number of imidazole rings is 1. The van der Waals surface area contributed by atoms with Gasteiger partial charge in [-0.15, -0.1) is 12.6 Å². The first-order valence-corrected chi connectivity index (χ1v) is 4.27. The number of aromatic amines is 1. The summed E-state index contributed by atoms with van der Waals surface area (Å²) in [5.74, 6) is 0.674. The Bertz CT molecular complexity index is 344. The third-order valence-electron chi connectivity index (χ3n) is 1.83. The number of hydrogen-bond acceptors (Lipinski definition) is 4. The van der Waals surface area contributed by atoms with Crippen molar-refractivity contribution in [1.82, 2.24) is 15.0 Å². The fraction of sp³-hybridized carbons (Fsp3) is 0.125. The van der Waals surface area contributed by atoms with Crippen molar-refractivity contribution in [3.63, 3.8) is 0 Å². The van der Waals surface area contributed by atoms with Crippen LogP contribution in [0.5, 0.6) is 0 Å². The number of rotatable bonds is 1. The molecule has 2 heterocycles. The summed E-state index contributed by atoms with van der Waals surface area (Å²) >= 11 is 4.25. The predicted molar refractivity (Wildman–Crippen MR) is 51.2 cm³/mol. The van der Waals surface area contributed by atoms with Crippen molar-refractivity contribution < 1.29 is 5.21 Å². The van der Waals surface area contributed by atoms with Gasteiger partial charge in [-0.2, -0.15) is 0 Å². The summed E-state index contributed by atoms with van der Waals surface area (Å²) in [6.07, 6.45) is 8.46. The number of allylic oxidation sites excluding steroid dienone is 2. The van der Waals surface area contributed by atoms with Crippen LogP contribution >= 0.6 is 12.6 Å². The molecule has 0 saturated heterocycles. The Balaban J connectivity index is 2.33. The van der Waals surface area contributed by atoms with E-state index in [0.29, 0.717) is 5.82 Å². The van der Waals surface area contributed by atoms with Gasteiger partial charge in [0.05, 0.1) is 0 Å². The highest BCUT2D eigenvalue weighted by Crippen LogP contribution is 2.29. The lowest BCUT2D eigenvalue weighted by atomic mass is 10.2. The first-order chi connectivity index (χ1) is 6.29. The largest absolute Gasteiger partial charge is 0.346 e. The van der Waals surface area contributed by atoms with Gasteiger partial charge in [-0.3, -0.25) is 5.21 Å². The van der Waals surface area contributed by atoms with Gasteiger partial charge in [0.1, 0.15) is 11.9 Å². The molecule has 1 aliphatic heterocycles. The number of nitrogens with one attached hydrogen (secondary N) is 1. The highest BCUT2D eigenvalue weighted by Gasteiger charge is 2.22. The molecule has 1 unspecified atom stereocenters. The Kier molecular flexibility index (Phi) is 2.12. The molecule has 0 aromatic carbocycles. The van der Waals surface area contributed by atoms with Crippen LogP contribution in [0.15, 0.2) is 35.7 Å². The Morgan fingerprint density at radius 3 is 3.08 bits per heavy atom. The summed E-state index contributed by atoms with van der Waals surface area (Å²) in [4.78, 5) is 7.74. The highest BCUT2D eigenvalue weighted by molar-refractivity contribution is 7.84. The molecule has 4 nitrogen and oxygen atoms in total. The minimum atomic E-state index is -0.316. The van der Waals surface area contributed by atoms with E-state index < -0.39 is 0 Å². The molecule has 68 valence electrons. The summed E-state index contributed by atoms with van der Waals surface area (Å²) in [6.45, 7) is 0. The molecule has 2 rings (SSSR count). The first kappa shape index (κ1) is 8.40. The van der Waals surface area contributed by atoms with Crippen molar-refractivity contribution in [2.75, 3.05) is 0 Å². The molecule has 0 spiro atoms. The molecule has 1 aliphatic rings. The summed E-state index contributed by atoms with van der Waals surface area (Å²) in [7, 11) is 0. The van der Waals surface area contributed by atoms with Gasteiger partial charge >= 0.3 is 0 Å². The average Bonchev–Trinajstić information content (AvgIpc) is 2.57. The Hall–Kier alpha value is -1.20. The van der Waals surface area contributed by atoms with Crippen LogP contribution in [0.1, 0.15) is 11.9 Å². The Morgan fingerprint density at radius 2 is 2.46 bits per heavy atom. The lowest BCUT2D eigenvalue weighted by molar-refractivity contribution is -0.0702. The van der Waals surface area contributed by atoms with Gasteiger partial charge in [-0.25, -0.2) is 10.0 Å². The maximum Gasteiger partial charge on any atom is 0.144 e. The van der Waals surface area contributed by atoms with E-state index in [4.69, 9.17) is 0 Å². The average molecular weight is 195 g/mol. The summed E-state index contributed by atoms with van der Waals surface area (Å²) in [5.41, 5.74) is 0. The number of H-pyrrole nitrogens is 1. The van der Waals surface area contributed by atoms with Crippen LogP contribution in [0.25, 0.3) is 0 Å². The summed E-state index contributed by atoms with van der Waals surface area (Å²) in [6, 6.07) is -0.316. The molecule has 0 saturated carbocycles. The van der Waals surface area contributed by atoms with Crippen LogP contribution in [0, 0.1) is 0 Å². The van der Waals surface area contributed by atoms with Crippen molar-refractivity contribution >= 4 is 12.6 Å². The molecule has 0 fully saturated rings. The van der Waals surface area contributed by atoms with Gasteiger partial charge in [0.2, 0.25) is 0 Å². The van der Waals surface area contributed by atoms with E-state index in [-0.39, 0.29) is 6.04 Å². The molecule has 5 heteroatoms. The molecule has 0 amide bonds. The number of hydrogen-bond donors (Lipinski definition) is 3. The first-order valence-electron chi connectivity index (χ1n) is 3.83. The van der Waals surface area contributed by atoms with E-state index in [9.17, 15) is 5.21 Å². The van der Waals surface area contributed by atoms with Crippen molar-refractivity contribution in [2.45, 2.75) is 6.04 Å². The maximum absolute atomic E-state index is 9.51. The van der Waals surface area contributed by atoms with Crippen molar-refractivity contribution in [3.05, 3.63) is 41.5 Å². The minimum absolute atomic E-state index is 0.316. The Morgan fingerprint density at radius 1 is 1.62 bits per heavy atom. The van der Waals surface area contributed by atoms with Crippen molar-refractivity contribution in [1.29, 1.82) is 0 Å². The number of thiol groups is 1. The number of hydroxylamine groups is 2. The summed E-state index contributed by atoms with van der Waals surface area (Å²) in [5, 5.41) is 10.6. The van der Waals surface area contributed by atoms with Crippen molar-refractivity contribution in [2.24, 2.45) is 0 Å². The van der Waals surface area contributed by atoms with Crippen LogP contribution < -0.4 is 0 Å². The maximum atomic E-state index is 9.51. The standard InChI is InChI=1S/C8H9N3OS/c12-11-5-1-2-6(13)7(11)8-9-3-4-10-8/h1-5,7,12-13H,(H,9,10). The minimum Gasteiger partial charge on any atom is -0.346 e. The zero-order valence-corrected chi connectivity index (χ0v) is 7.65. The second-order valence-electron chi connectivity index (χ2n) is 2.69. The SMILES string of the molecule is ON1C=CC=C(S)C1c1ncc[nH]1. The smallest absolute Gasteiger partial charge is 0.144 e. The molecule has 0 aliphatic carbocycles. The van der Waals surface area contributed by atoms with E-state index in [1.54, 1.807) is 24.7 Å². The highest BCUT2D eigenvalue weighted by atomic mass is 32.1. The predicted octanol–water partition coefficient (Wildman–Crippen LogP) is 1.48. The van der Waals surface area contributed by atoms with Crippen LogP contribution in [0.3, 0.4) is 0 Å². The molecule has 2 N–H and O–H groups in total. The van der Waals surface area contributed by atoms with Gasteiger partial charge in [-0.05, 0) is 12.2 Å².